The van der Waals surface area contributed by atoms with E-state index in [1.807, 2.05) is 24.3 Å². The van der Waals surface area contributed by atoms with E-state index < -0.39 is 28.7 Å². The Labute approximate surface area is 366 Å². The van der Waals surface area contributed by atoms with E-state index in [2.05, 4.69) is 108 Å². The predicted octanol–water partition coefficient (Wildman–Crippen LogP) is 12.1. The molecule has 0 aliphatic carbocycles. The Balaban J connectivity index is 2.05. The molecule has 1 aliphatic rings. The molecule has 6 atom stereocenters. The minimum Gasteiger partial charge on any atom is -0.497 e. The van der Waals surface area contributed by atoms with Gasteiger partial charge < -0.3 is 37.3 Å². The van der Waals surface area contributed by atoms with Gasteiger partial charge in [-0.1, -0.05) is 95.1 Å². The zero-order chi connectivity index (χ0) is 45.2. The van der Waals surface area contributed by atoms with Gasteiger partial charge in [0, 0.05) is 31.4 Å². The Morgan fingerprint density at radius 1 is 0.800 bits per heavy atom. The molecule has 0 radical (unpaired) electrons. The normalized spacial score (nSPS) is 19.6. The average molecular weight is 869 g/mol. The molecule has 0 spiro atoms. The maximum atomic E-state index is 14.8. The summed E-state index contributed by atoms with van der Waals surface area (Å²) in [6, 6.07) is 9.56. The van der Waals surface area contributed by atoms with Crippen molar-refractivity contribution < 1.29 is 42.1 Å². The van der Waals surface area contributed by atoms with Crippen molar-refractivity contribution in [3.63, 3.8) is 0 Å². The van der Waals surface area contributed by atoms with Crippen molar-refractivity contribution >= 4 is 22.6 Å². The van der Waals surface area contributed by atoms with Crippen molar-refractivity contribution in [3.05, 3.63) is 47.0 Å². The number of cyclic esters (lactones) is 1. The lowest BCUT2D eigenvalue weighted by Crippen LogP contribution is -2.51. The van der Waals surface area contributed by atoms with Gasteiger partial charge >= 0.3 is 5.97 Å². The van der Waals surface area contributed by atoms with E-state index in [-0.39, 0.29) is 35.0 Å². The third-order valence-electron chi connectivity index (χ3n) is 13.4. The molecule has 0 unspecified atom stereocenters. The summed E-state index contributed by atoms with van der Waals surface area (Å²) in [4.78, 5) is 14.8. The molecule has 0 saturated carbocycles. The summed E-state index contributed by atoms with van der Waals surface area (Å²) in [5.74, 6) is 8.95. The van der Waals surface area contributed by atoms with Gasteiger partial charge in [0.15, 0.2) is 19.8 Å². The second-order valence-corrected chi connectivity index (χ2v) is 29.6. The van der Waals surface area contributed by atoms with E-state index in [1.54, 1.807) is 34.5 Å². The molecule has 1 aliphatic heterocycles. The number of methoxy groups -OCH3 is 4. The first-order valence-corrected chi connectivity index (χ1v) is 27.2. The molecule has 11 heteroatoms. The lowest BCUT2D eigenvalue weighted by atomic mass is 9.86. The third kappa shape index (κ3) is 12.6. The van der Waals surface area contributed by atoms with E-state index in [0.29, 0.717) is 77.7 Å². The van der Waals surface area contributed by atoms with Gasteiger partial charge in [-0.05, 0) is 88.8 Å². The molecule has 0 saturated heterocycles. The highest BCUT2D eigenvalue weighted by molar-refractivity contribution is 6.77. The molecule has 0 N–H and O–H groups in total. The number of benzene rings is 2. The van der Waals surface area contributed by atoms with Crippen LogP contribution in [0.3, 0.4) is 0 Å². The summed E-state index contributed by atoms with van der Waals surface area (Å²) in [6.45, 7) is 32.7. The molecule has 0 amide bonds. The minimum atomic E-state index is -2.31. The fourth-order valence-corrected chi connectivity index (χ4v) is 15.8. The largest absolute Gasteiger partial charge is 0.497 e. The molecule has 3 rings (SSSR count). The number of hydrogen-bond acceptors (Lipinski definition) is 9. The summed E-state index contributed by atoms with van der Waals surface area (Å²) in [7, 11) is 1.91. The van der Waals surface area contributed by atoms with Crippen molar-refractivity contribution in [2.75, 3.05) is 35.0 Å². The highest BCUT2D eigenvalue weighted by Crippen LogP contribution is 2.45. The van der Waals surface area contributed by atoms with Gasteiger partial charge in [0.2, 0.25) is 8.32 Å². The fraction of sp³-hybridized carbons (Fsp3) is 0.694. The summed E-state index contributed by atoms with van der Waals surface area (Å²) in [6.07, 6.45) is 1.35. The molecular weight excluding hydrogens is 789 g/mol. The van der Waals surface area contributed by atoms with Gasteiger partial charge in [0.05, 0.1) is 47.3 Å². The lowest BCUT2D eigenvalue weighted by Gasteiger charge is -2.46. The topological polar surface area (TPSA) is 90.9 Å². The van der Waals surface area contributed by atoms with Crippen LogP contribution < -0.4 is 18.9 Å². The van der Waals surface area contributed by atoms with Gasteiger partial charge in [-0.25, -0.2) is 4.79 Å². The molecule has 60 heavy (non-hydrogen) atoms. The number of ether oxygens (including phenoxy) is 6. The van der Waals surface area contributed by atoms with E-state index in [4.69, 9.17) is 37.3 Å². The maximum absolute atomic E-state index is 14.8. The zero-order valence-corrected chi connectivity index (χ0v) is 42.5. The first-order chi connectivity index (χ1) is 28.1. The molecule has 0 fully saturated rings. The number of esters is 1. The number of carbonyl (C=O) groups is 1. The highest BCUT2D eigenvalue weighted by Gasteiger charge is 2.48. The molecule has 0 aromatic heterocycles. The van der Waals surface area contributed by atoms with Gasteiger partial charge in [0.25, 0.3) is 0 Å². The van der Waals surface area contributed by atoms with Crippen LogP contribution in [-0.2, 0) is 31.4 Å². The predicted molar refractivity (Wildman–Crippen MR) is 249 cm³/mol. The van der Waals surface area contributed by atoms with E-state index in [9.17, 15) is 4.79 Å². The van der Waals surface area contributed by atoms with Crippen molar-refractivity contribution in [1.82, 2.24) is 0 Å². The maximum Gasteiger partial charge on any atom is 0.342 e. The third-order valence-corrected chi connectivity index (χ3v) is 24.0. The summed E-state index contributed by atoms with van der Waals surface area (Å²) < 4.78 is 50.3. The Kier molecular flexibility index (Phi) is 19.1. The fourth-order valence-electron chi connectivity index (χ4n) is 8.70. The monoisotopic (exact) mass is 869 g/mol. The van der Waals surface area contributed by atoms with Crippen LogP contribution in [-0.4, -0.2) is 76.0 Å². The van der Waals surface area contributed by atoms with Crippen LogP contribution in [0.25, 0.3) is 0 Å². The SMILES string of the molecule is COc1cc2c(c(OC)c1)C(=O)O[C@H]([C@@H](C)[C@H](O[Si](C)(C)C(C)(C)C)[C@H](C)CCOCc1ccc(OC)c(OC)c1)CC#CC[C@H](C)[C@H](O[Si](C(C)C)(C(C)C)C(C)C)C2. The Morgan fingerprint density at radius 3 is 1.95 bits per heavy atom. The number of carbonyl (C=O) groups excluding carboxylic acids is 1. The lowest BCUT2D eigenvalue weighted by molar-refractivity contribution is -0.0273. The van der Waals surface area contributed by atoms with Crippen LogP contribution in [0.1, 0.15) is 124 Å². The molecule has 2 aromatic carbocycles. The number of rotatable bonds is 19. The standard InChI is InChI=1S/C49H80O9Si2/c1-32(2)60(33(3)4,34(5)6)57-43-29-39-28-40(51-13)30-45(54-16)46(39)48(50)56-41(22-20-19-21-35(43)7)37(9)47(58-59(17,18)49(10,11)12)36(8)25-26-55-31-38-23-24-42(52-14)44(27-38)53-15/h23-24,27-28,30,32-37,41,43,47H,21-22,25-26,29,31H2,1-18H3/t35-,36+,37+,41-,43+,47+/m0/s1. The highest BCUT2D eigenvalue weighted by atomic mass is 28.4. The van der Waals surface area contributed by atoms with Crippen LogP contribution in [0, 0.1) is 29.6 Å². The van der Waals surface area contributed by atoms with Gasteiger partial charge in [-0.15, -0.1) is 5.92 Å². The van der Waals surface area contributed by atoms with Crippen molar-refractivity contribution in [2.45, 2.75) is 168 Å². The average Bonchev–Trinajstić information content (AvgIpc) is 3.18. The van der Waals surface area contributed by atoms with Gasteiger partial charge in [-0.3, -0.25) is 0 Å². The molecule has 9 nitrogen and oxygen atoms in total. The molecule has 2 aromatic rings. The van der Waals surface area contributed by atoms with Crippen molar-refractivity contribution in [1.29, 1.82) is 0 Å². The van der Waals surface area contributed by atoms with Gasteiger partial charge in [-0.2, -0.15) is 0 Å². The van der Waals surface area contributed by atoms with Crippen LogP contribution >= 0.6 is 0 Å². The number of hydrogen-bond donors (Lipinski definition) is 0. The number of fused-ring (bicyclic) bond motifs is 1. The van der Waals surface area contributed by atoms with Crippen LogP contribution in [0.2, 0.25) is 34.8 Å². The molecule has 338 valence electrons. The van der Waals surface area contributed by atoms with Gasteiger partial charge in [0.1, 0.15) is 23.2 Å². The minimum absolute atomic E-state index is 0.0289. The summed E-state index contributed by atoms with van der Waals surface area (Å²) in [5.41, 5.74) is 3.41. The Bertz CT molecular complexity index is 1720. The first kappa shape index (κ1) is 51.3. The summed E-state index contributed by atoms with van der Waals surface area (Å²) in [5, 5.41) is -0.0289. The van der Waals surface area contributed by atoms with Crippen LogP contribution in [0.5, 0.6) is 23.0 Å². The molecular formula is C49H80O9Si2. The Morgan fingerprint density at radius 2 is 1.40 bits per heavy atom. The van der Waals surface area contributed by atoms with E-state index in [0.717, 1.165) is 17.5 Å². The van der Waals surface area contributed by atoms with E-state index in [1.165, 1.54) is 0 Å². The van der Waals surface area contributed by atoms with Crippen molar-refractivity contribution in [3.8, 4) is 34.8 Å². The summed E-state index contributed by atoms with van der Waals surface area (Å²) >= 11 is 0. The quantitative estimate of drug-likeness (QED) is 0.0592. The molecule has 0 bridgehead atoms. The zero-order valence-electron chi connectivity index (χ0n) is 40.5. The first-order valence-electron chi connectivity index (χ1n) is 22.1. The second-order valence-electron chi connectivity index (χ2n) is 19.4. The van der Waals surface area contributed by atoms with Crippen LogP contribution in [0.4, 0.5) is 0 Å². The second kappa shape index (κ2) is 22.4. The molecule has 1 heterocycles. The van der Waals surface area contributed by atoms with Crippen molar-refractivity contribution in [2.24, 2.45) is 17.8 Å². The van der Waals surface area contributed by atoms with Crippen LogP contribution in [0.15, 0.2) is 30.3 Å². The smallest absolute Gasteiger partial charge is 0.342 e. The Hall–Kier alpha value is -3.02. The van der Waals surface area contributed by atoms with E-state index >= 15 is 0 Å².